The van der Waals surface area contributed by atoms with Crippen LogP contribution in [0.15, 0.2) is 16.6 Å². The zero-order valence-corrected chi connectivity index (χ0v) is 7.20. The summed E-state index contributed by atoms with van der Waals surface area (Å²) in [5.74, 6) is 0. The highest BCUT2D eigenvalue weighted by Gasteiger charge is 2.32. The topological polar surface area (TPSA) is 12.9 Å². The quantitative estimate of drug-likeness (QED) is 0.681. The Morgan fingerprint density at radius 3 is 2.67 bits per heavy atom. The fraction of sp³-hybridized carbons (Fsp3) is 0.286. The molecule has 0 unspecified atom stereocenters. The van der Waals surface area contributed by atoms with Gasteiger partial charge < -0.3 is 0 Å². The SMILES string of the molecule is [2H]C([2H])([2H])c1nc(C(F)(F)F)ccc1Br. The number of aryl methyl sites for hydroxylation is 1. The van der Waals surface area contributed by atoms with Crippen LogP contribution in [0.2, 0.25) is 0 Å². The zero-order valence-electron chi connectivity index (χ0n) is 8.61. The van der Waals surface area contributed by atoms with E-state index in [0.717, 1.165) is 12.1 Å². The van der Waals surface area contributed by atoms with Crippen LogP contribution in [0, 0.1) is 6.85 Å². The summed E-state index contributed by atoms with van der Waals surface area (Å²) in [6.07, 6.45) is -4.64. The van der Waals surface area contributed by atoms with Gasteiger partial charge in [0.15, 0.2) is 0 Å². The van der Waals surface area contributed by atoms with E-state index in [1.165, 1.54) is 0 Å². The van der Waals surface area contributed by atoms with Crippen LogP contribution in [0.4, 0.5) is 13.2 Å². The van der Waals surface area contributed by atoms with Gasteiger partial charge in [-0.1, -0.05) is 0 Å². The molecule has 0 fully saturated rings. The van der Waals surface area contributed by atoms with E-state index >= 15 is 0 Å². The maximum Gasteiger partial charge on any atom is 0.433 e. The lowest BCUT2D eigenvalue weighted by Crippen LogP contribution is -2.08. The maximum absolute atomic E-state index is 12.2. The Morgan fingerprint density at radius 2 is 2.17 bits per heavy atom. The van der Waals surface area contributed by atoms with Crippen LogP contribution in [0.5, 0.6) is 0 Å². The van der Waals surface area contributed by atoms with Gasteiger partial charge >= 0.3 is 6.18 Å². The largest absolute Gasteiger partial charge is 0.433 e. The van der Waals surface area contributed by atoms with Crippen LogP contribution < -0.4 is 0 Å². The second-order valence-electron chi connectivity index (χ2n) is 2.02. The Labute approximate surface area is 80.0 Å². The molecule has 0 radical (unpaired) electrons. The van der Waals surface area contributed by atoms with Gasteiger partial charge in [0, 0.05) is 8.58 Å². The molecule has 0 N–H and O–H groups in total. The van der Waals surface area contributed by atoms with Crippen molar-refractivity contribution in [2.45, 2.75) is 13.0 Å². The first kappa shape index (κ1) is 5.96. The summed E-state index contributed by atoms with van der Waals surface area (Å²) in [6, 6.07) is 1.75. The van der Waals surface area contributed by atoms with Gasteiger partial charge in [-0.15, -0.1) is 0 Å². The Morgan fingerprint density at radius 1 is 1.50 bits per heavy atom. The summed E-state index contributed by atoms with van der Waals surface area (Å²) in [6.45, 7) is -2.67. The average Bonchev–Trinajstić information content (AvgIpc) is 2.00. The molecule has 5 heteroatoms. The highest BCUT2D eigenvalue weighted by atomic mass is 79.9. The number of pyridine rings is 1. The first-order valence-electron chi connectivity index (χ1n) is 4.36. The van der Waals surface area contributed by atoms with Crippen molar-refractivity contribution in [2.75, 3.05) is 0 Å². The standard InChI is InChI=1S/C7H5BrF3N/c1-4-5(8)2-3-6(12-4)7(9,10)11/h2-3H,1H3/i1D3. The maximum atomic E-state index is 12.2. The molecule has 66 valence electrons. The van der Waals surface area contributed by atoms with E-state index < -0.39 is 24.4 Å². The number of alkyl halides is 3. The molecule has 0 saturated heterocycles. The summed E-state index contributed by atoms with van der Waals surface area (Å²) in [7, 11) is 0. The van der Waals surface area contributed by atoms with Gasteiger partial charge in [0.25, 0.3) is 0 Å². The first-order chi connectivity index (χ1) is 6.62. The number of aromatic nitrogens is 1. The number of hydrogen-bond donors (Lipinski definition) is 0. The smallest absolute Gasteiger partial charge is 0.247 e. The molecule has 0 amide bonds. The third-order valence-electron chi connectivity index (χ3n) is 1.14. The highest BCUT2D eigenvalue weighted by molar-refractivity contribution is 9.10. The third kappa shape index (κ3) is 1.97. The molecule has 0 bridgehead atoms. The molecule has 0 atom stereocenters. The van der Waals surface area contributed by atoms with E-state index in [1.807, 2.05) is 0 Å². The Hall–Kier alpha value is -0.580. The van der Waals surface area contributed by atoms with Gasteiger partial charge in [0.2, 0.25) is 0 Å². The summed E-state index contributed by atoms with van der Waals surface area (Å²) in [4.78, 5) is 3.08. The summed E-state index contributed by atoms with van der Waals surface area (Å²) in [5, 5.41) is 0. The molecule has 0 aliphatic rings. The number of rotatable bonds is 0. The van der Waals surface area contributed by atoms with Crippen molar-refractivity contribution < 1.29 is 17.3 Å². The van der Waals surface area contributed by atoms with Crippen molar-refractivity contribution in [3.63, 3.8) is 0 Å². The van der Waals surface area contributed by atoms with Crippen LogP contribution >= 0.6 is 15.9 Å². The van der Waals surface area contributed by atoms with E-state index in [9.17, 15) is 13.2 Å². The molecule has 12 heavy (non-hydrogen) atoms. The van der Waals surface area contributed by atoms with Gasteiger partial charge in [-0.3, -0.25) is 0 Å². The van der Waals surface area contributed by atoms with Crippen LogP contribution in [0.3, 0.4) is 0 Å². The molecular weight excluding hydrogens is 235 g/mol. The van der Waals surface area contributed by atoms with Crippen molar-refractivity contribution in [3.05, 3.63) is 28.0 Å². The molecule has 0 spiro atoms. The van der Waals surface area contributed by atoms with Crippen LogP contribution in [-0.4, -0.2) is 4.98 Å². The first-order valence-corrected chi connectivity index (χ1v) is 3.66. The second kappa shape index (κ2) is 3.05. The predicted octanol–water partition coefficient (Wildman–Crippen LogP) is 3.17. The molecule has 0 aliphatic carbocycles. The fourth-order valence-electron chi connectivity index (χ4n) is 0.600. The van der Waals surface area contributed by atoms with Gasteiger partial charge in [-0.25, -0.2) is 4.98 Å². The molecule has 0 aromatic carbocycles. The minimum atomic E-state index is -4.64. The molecule has 0 saturated carbocycles. The lowest BCUT2D eigenvalue weighted by molar-refractivity contribution is -0.141. The fourth-order valence-corrected chi connectivity index (χ4v) is 0.821. The van der Waals surface area contributed by atoms with Crippen molar-refractivity contribution in [3.8, 4) is 0 Å². The molecule has 0 aliphatic heterocycles. The Bertz CT molecular complexity index is 375. The molecular formula is C7H5BrF3N. The second-order valence-corrected chi connectivity index (χ2v) is 2.88. The number of nitrogens with zero attached hydrogens (tertiary/aromatic N) is 1. The monoisotopic (exact) mass is 242 g/mol. The zero-order chi connectivity index (χ0) is 11.9. The molecule has 1 rings (SSSR count). The van der Waals surface area contributed by atoms with Crippen molar-refractivity contribution in [1.29, 1.82) is 0 Å². The van der Waals surface area contributed by atoms with Crippen molar-refractivity contribution in [1.82, 2.24) is 4.98 Å². The average molecular weight is 243 g/mol. The predicted molar refractivity (Wildman–Crippen MR) is 41.7 cm³/mol. The molecule has 1 aromatic heterocycles. The molecule has 1 aromatic rings. The van der Waals surface area contributed by atoms with Crippen molar-refractivity contribution >= 4 is 15.9 Å². The number of halogens is 4. The van der Waals surface area contributed by atoms with E-state index in [0.29, 0.717) is 0 Å². The lowest BCUT2D eigenvalue weighted by atomic mass is 10.3. The van der Waals surface area contributed by atoms with Crippen LogP contribution in [0.1, 0.15) is 15.5 Å². The van der Waals surface area contributed by atoms with E-state index in [-0.39, 0.29) is 4.47 Å². The van der Waals surface area contributed by atoms with E-state index in [4.69, 9.17) is 4.11 Å². The molecule has 1 nitrogen and oxygen atoms in total. The van der Waals surface area contributed by atoms with Gasteiger partial charge in [0.1, 0.15) is 5.69 Å². The lowest BCUT2D eigenvalue weighted by Gasteiger charge is -2.06. The minimum Gasteiger partial charge on any atom is -0.247 e. The van der Waals surface area contributed by atoms with Gasteiger partial charge in [-0.05, 0) is 34.9 Å². The Kier molecular flexibility index (Phi) is 1.51. The molecule has 1 heterocycles. The summed E-state index contributed by atoms with van der Waals surface area (Å²) >= 11 is 2.84. The third-order valence-corrected chi connectivity index (χ3v) is 1.78. The van der Waals surface area contributed by atoms with Crippen LogP contribution in [0.25, 0.3) is 0 Å². The summed E-state index contributed by atoms with van der Waals surface area (Å²) < 4.78 is 57.7. The van der Waals surface area contributed by atoms with Crippen molar-refractivity contribution in [2.24, 2.45) is 0 Å². The summed E-state index contributed by atoms with van der Waals surface area (Å²) in [5.41, 5.74) is -1.80. The van der Waals surface area contributed by atoms with E-state index in [1.54, 1.807) is 0 Å². The minimum absolute atomic E-state index is 0.0375. The van der Waals surface area contributed by atoms with Crippen LogP contribution in [-0.2, 0) is 6.18 Å². The van der Waals surface area contributed by atoms with Gasteiger partial charge in [0.05, 0.1) is 5.69 Å². The Balaban J connectivity index is 3.30. The van der Waals surface area contributed by atoms with E-state index in [2.05, 4.69) is 20.9 Å². The van der Waals surface area contributed by atoms with Gasteiger partial charge in [-0.2, -0.15) is 13.2 Å². The highest BCUT2D eigenvalue weighted by Crippen LogP contribution is 2.28. The normalized spacial score (nSPS) is 16.5. The number of hydrogen-bond acceptors (Lipinski definition) is 1.